The third-order valence-electron chi connectivity index (χ3n) is 3.23. The van der Waals surface area contributed by atoms with Gasteiger partial charge in [0.25, 0.3) is 5.91 Å². The molecule has 1 aromatic heterocycles. The molecule has 1 aromatic carbocycles. The average molecular weight is 268 g/mol. The van der Waals surface area contributed by atoms with Gasteiger partial charge in [-0.05, 0) is 25.1 Å². The van der Waals surface area contributed by atoms with Gasteiger partial charge in [0, 0.05) is 12.6 Å². The van der Waals surface area contributed by atoms with Gasteiger partial charge in [0.2, 0.25) is 0 Å². The highest BCUT2D eigenvalue weighted by Gasteiger charge is 2.24. The summed E-state index contributed by atoms with van der Waals surface area (Å²) in [6, 6.07) is 7.49. The van der Waals surface area contributed by atoms with Gasteiger partial charge in [0.1, 0.15) is 23.2 Å². The molecule has 1 N–H and O–H groups in total. The quantitative estimate of drug-likeness (QED) is 0.853. The van der Waals surface area contributed by atoms with Crippen molar-refractivity contribution in [3.05, 3.63) is 30.2 Å². The number of nitrogens with one attached hydrogen (secondary N) is 1. The summed E-state index contributed by atoms with van der Waals surface area (Å²) in [5.41, 5.74) is 2.42. The van der Waals surface area contributed by atoms with Crippen LogP contribution in [-0.2, 0) is 11.8 Å². The number of hydrogen-bond donors (Lipinski definition) is 1. The number of carbonyl (C=O) groups excluding carboxylic acids is 1. The molecule has 1 atom stereocenters. The van der Waals surface area contributed by atoms with Crippen molar-refractivity contribution in [1.82, 2.24) is 9.55 Å². The predicted octanol–water partition coefficient (Wildman–Crippen LogP) is 1.68. The Kier molecular flexibility index (Phi) is 2.68. The Morgan fingerprint density at radius 2 is 2.30 bits per heavy atom. The normalized spacial score (nSPS) is 16.9. The van der Waals surface area contributed by atoms with Gasteiger partial charge in [-0.15, -0.1) is 0 Å². The van der Waals surface area contributed by atoms with E-state index in [1.165, 1.54) is 0 Å². The molecule has 1 aliphatic heterocycles. The van der Waals surface area contributed by atoms with Crippen LogP contribution < -0.4 is 10.1 Å². The number of nitrogens with zero attached hydrogens (tertiary/aromatic N) is 3. The second-order valence-corrected chi connectivity index (χ2v) is 4.62. The molecular weight excluding hydrogens is 256 g/mol. The van der Waals surface area contributed by atoms with Crippen molar-refractivity contribution in [2.45, 2.75) is 13.0 Å². The molecule has 6 heteroatoms. The van der Waals surface area contributed by atoms with Gasteiger partial charge >= 0.3 is 0 Å². The highest BCUT2D eigenvalue weighted by molar-refractivity contribution is 5.98. The number of benzene rings is 1. The Morgan fingerprint density at radius 3 is 3.05 bits per heavy atom. The molecular formula is C14H12N4O2. The number of anilines is 1. The van der Waals surface area contributed by atoms with Crippen LogP contribution in [0.3, 0.4) is 0 Å². The van der Waals surface area contributed by atoms with Gasteiger partial charge in [0.15, 0.2) is 6.10 Å². The lowest BCUT2D eigenvalue weighted by Gasteiger charge is -2.23. The van der Waals surface area contributed by atoms with E-state index in [9.17, 15) is 4.79 Å². The van der Waals surface area contributed by atoms with Gasteiger partial charge in [0.05, 0.1) is 12.0 Å². The van der Waals surface area contributed by atoms with Crippen LogP contribution >= 0.6 is 0 Å². The lowest BCUT2D eigenvalue weighted by Crippen LogP contribution is -2.34. The second-order valence-electron chi connectivity index (χ2n) is 4.62. The fraction of sp³-hybridized carbons (Fsp3) is 0.214. The van der Waals surface area contributed by atoms with E-state index in [0.717, 1.165) is 5.56 Å². The minimum atomic E-state index is -0.502. The Balaban J connectivity index is 2.07. The lowest BCUT2D eigenvalue weighted by molar-refractivity contribution is -0.122. The molecule has 0 spiro atoms. The maximum atomic E-state index is 11.6. The second kappa shape index (κ2) is 4.38. The molecule has 0 aliphatic carbocycles. The SMILES string of the molecule is CC1Oc2ccc(-c3ncn(C)c3C#N)cc2NC1=O. The molecule has 0 radical (unpaired) electrons. The summed E-state index contributed by atoms with van der Waals surface area (Å²) in [5.74, 6) is 0.437. The van der Waals surface area contributed by atoms with Crippen LogP contribution in [0.2, 0.25) is 0 Å². The van der Waals surface area contributed by atoms with Crippen LogP contribution in [0.1, 0.15) is 12.6 Å². The van der Waals surface area contributed by atoms with Gasteiger partial charge in [-0.1, -0.05) is 0 Å². The number of aryl methyl sites for hydroxylation is 1. The molecule has 20 heavy (non-hydrogen) atoms. The molecule has 100 valence electrons. The maximum absolute atomic E-state index is 11.6. The van der Waals surface area contributed by atoms with Gasteiger partial charge < -0.3 is 14.6 Å². The zero-order valence-electron chi connectivity index (χ0n) is 11.0. The Labute approximate surface area is 115 Å². The van der Waals surface area contributed by atoms with E-state index in [0.29, 0.717) is 22.8 Å². The van der Waals surface area contributed by atoms with Crippen molar-refractivity contribution in [2.24, 2.45) is 7.05 Å². The maximum Gasteiger partial charge on any atom is 0.265 e. The number of carbonyl (C=O) groups is 1. The van der Waals surface area contributed by atoms with Crippen LogP contribution in [0.15, 0.2) is 24.5 Å². The van der Waals surface area contributed by atoms with E-state index in [4.69, 9.17) is 10.00 Å². The molecule has 2 heterocycles. The first-order valence-corrected chi connectivity index (χ1v) is 6.13. The number of aromatic nitrogens is 2. The third-order valence-corrected chi connectivity index (χ3v) is 3.23. The summed E-state index contributed by atoms with van der Waals surface area (Å²) in [4.78, 5) is 15.9. The number of fused-ring (bicyclic) bond motifs is 1. The fourth-order valence-corrected chi connectivity index (χ4v) is 2.13. The number of nitriles is 1. The van der Waals surface area contributed by atoms with Gasteiger partial charge in [-0.3, -0.25) is 4.79 Å². The number of amides is 1. The van der Waals surface area contributed by atoms with E-state index < -0.39 is 6.10 Å². The molecule has 3 rings (SSSR count). The van der Waals surface area contributed by atoms with Gasteiger partial charge in [-0.2, -0.15) is 5.26 Å². The fourth-order valence-electron chi connectivity index (χ4n) is 2.13. The Hall–Kier alpha value is -2.81. The highest BCUT2D eigenvalue weighted by Crippen LogP contribution is 2.34. The van der Waals surface area contributed by atoms with E-state index in [1.807, 2.05) is 6.07 Å². The van der Waals surface area contributed by atoms with Crippen molar-refractivity contribution in [3.63, 3.8) is 0 Å². The van der Waals surface area contributed by atoms with Crippen molar-refractivity contribution >= 4 is 11.6 Å². The number of hydrogen-bond acceptors (Lipinski definition) is 4. The smallest absolute Gasteiger partial charge is 0.265 e. The average Bonchev–Trinajstić information content (AvgIpc) is 2.80. The molecule has 0 saturated carbocycles. The largest absolute Gasteiger partial charge is 0.479 e. The van der Waals surface area contributed by atoms with Crippen LogP contribution in [0, 0.1) is 11.3 Å². The van der Waals surface area contributed by atoms with Crippen molar-refractivity contribution in [3.8, 4) is 23.1 Å². The topological polar surface area (TPSA) is 79.9 Å². The van der Waals surface area contributed by atoms with E-state index in [2.05, 4.69) is 16.4 Å². The molecule has 1 unspecified atom stereocenters. The van der Waals surface area contributed by atoms with Crippen LogP contribution in [0.4, 0.5) is 5.69 Å². The zero-order chi connectivity index (χ0) is 14.3. The van der Waals surface area contributed by atoms with Crippen LogP contribution in [-0.4, -0.2) is 21.6 Å². The van der Waals surface area contributed by atoms with Gasteiger partial charge in [-0.25, -0.2) is 4.98 Å². The third kappa shape index (κ3) is 1.80. The molecule has 2 aromatic rings. The molecule has 0 saturated heterocycles. The van der Waals surface area contributed by atoms with E-state index in [-0.39, 0.29) is 5.91 Å². The first kappa shape index (κ1) is 12.2. The van der Waals surface area contributed by atoms with Crippen LogP contribution in [0.5, 0.6) is 5.75 Å². The number of ether oxygens (including phenoxy) is 1. The molecule has 0 bridgehead atoms. The lowest BCUT2D eigenvalue weighted by atomic mass is 10.1. The summed E-state index contributed by atoms with van der Waals surface area (Å²) < 4.78 is 7.15. The monoisotopic (exact) mass is 268 g/mol. The minimum Gasteiger partial charge on any atom is -0.479 e. The molecule has 1 amide bonds. The molecule has 6 nitrogen and oxygen atoms in total. The van der Waals surface area contributed by atoms with Crippen molar-refractivity contribution in [2.75, 3.05) is 5.32 Å². The van der Waals surface area contributed by atoms with Crippen molar-refractivity contribution in [1.29, 1.82) is 5.26 Å². The molecule has 1 aliphatic rings. The summed E-state index contributed by atoms with van der Waals surface area (Å²) in [7, 11) is 1.76. The highest BCUT2D eigenvalue weighted by atomic mass is 16.5. The van der Waals surface area contributed by atoms with E-state index in [1.54, 1.807) is 37.0 Å². The zero-order valence-corrected chi connectivity index (χ0v) is 11.0. The first-order valence-electron chi connectivity index (χ1n) is 6.13. The van der Waals surface area contributed by atoms with Crippen LogP contribution in [0.25, 0.3) is 11.3 Å². The number of rotatable bonds is 1. The number of imidazole rings is 1. The molecule has 0 fully saturated rings. The first-order chi connectivity index (χ1) is 9.60. The Bertz CT molecular complexity index is 742. The minimum absolute atomic E-state index is 0.184. The Morgan fingerprint density at radius 1 is 1.50 bits per heavy atom. The summed E-state index contributed by atoms with van der Waals surface area (Å²) >= 11 is 0. The summed E-state index contributed by atoms with van der Waals surface area (Å²) in [5, 5.41) is 11.9. The van der Waals surface area contributed by atoms with Crippen molar-refractivity contribution < 1.29 is 9.53 Å². The van der Waals surface area contributed by atoms with E-state index >= 15 is 0 Å². The predicted molar refractivity (Wildman–Crippen MR) is 72.1 cm³/mol. The summed E-state index contributed by atoms with van der Waals surface area (Å²) in [6.45, 7) is 1.69. The standard InChI is InChI=1S/C14H12N4O2/c1-8-14(19)17-10-5-9(3-4-12(10)20-8)13-11(6-15)18(2)7-16-13/h3-5,7-8H,1-2H3,(H,17,19). The summed E-state index contributed by atoms with van der Waals surface area (Å²) in [6.07, 6.45) is 1.09.